The molecule has 0 bridgehead atoms. The highest BCUT2D eigenvalue weighted by Gasteiger charge is 2.31. The van der Waals surface area contributed by atoms with E-state index in [0.717, 1.165) is 62.4 Å². The van der Waals surface area contributed by atoms with E-state index < -0.39 is 5.97 Å². The van der Waals surface area contributed by atoms with Crippen LogP contribution >= 0.6 is 34.8 Å². The van der Waals surface area contributed by atoms with Gasteiger partial charge in [0.2, 0.25) is 0 Å². The average molecular weight is 525 g/mol. The lowest BCUT2D eigenvalue weighted by molar-refractivity contribution is -0.138. The summed E-state index contributed by atoms with van der Waals surface area (Å²) in [5.41, 5.74) is 3.02. The van der Waals surface area contributed by atoms with E-state index in [1.807, 2.05) is 18.2 Å². The predicted molar refractivity (Wildman–Crippen MR) is 142 cm³/mol. The summed E-state index contributed by atoms with van der Waals surface area (Å²) >= 11 is 19.0. The third-order valence-corrected chi connectivity index (χ3v) is 8.12. The fourth-order valence-electron chi connectivity index (χ4n) is 5.42. The average Bonchev–Trinajstić information content (AvgIpc) is 2.80. The molecule has 2 N–H and O–H groups in total. The number of likely N-dealkylation sites (tertiary alicyclic amines) is 1. The van der Waals surface area contributed by atoms with E-state index in [1.54, 1.807) is 6.07 Å². The summed E-state index contributed by atoms with van der Waals surface area (Å²) in [5.74, 6) is 0.530. The van der Waals surface area contributed by atoms with Gasteiger partial charge in [0.05, 0.1) is 23.3 Å². The molecule has 2 heterocycles. The molecule has 0 amide bonds. The van der Waals surface area contributed by atoms with E-state index in [9.17, 15) is 4.79 Å². The molecule has 8 heteroatoms. The van der Waals surface area contributed by atoms with E-state index in [0.29, 0.717) is 26.9 Å². The van der Waals surface area contributed by atoms with Crippen molar-refractivity contribution < 1.29 is 9.90 Å². The highest BCUT2D eigenvalue weighted by molar-refractivity contribution is 6.35. The Balaban J connectivity index is 1.37. The number of carboxylic acid groups (broad SMARTS) is 1. The fourth-order valence-corrected chi connectivity index (χ4v) is 6.17. The zero-order valence-electron chi connectivity index (χ0n) is 19.4. The Morgan fingerprint density at radius 2 is 1.79 bits per heavy atom. The molecular formula is C26H32Cl3N3O2. The van der Waals surface area contributed by atoms with Crippen LogP contribution in [0, 0.1) is 11.8 Å². The van der Waals surface area contributed by atoms with Crippen molar-refractivity contribution in [3.8, 4) is 0 Å². The third kappa shape index (κ3) is 6.31. The molecule has 0 aromatic heterocycles. The van der Waals surface area contributed by atoms with Crippen molar-refractivity contribution in [3.63, 3.8) is 0 Å². The zero-order chi connectivity index (χ0) is 24.2. The van der Waals surface area contributed by atoms with Gasteiger partial charge in [0.1, 0.15) is 0 Å². The number of rotatable bonds is 7. The van der Waals surface area contributed by atoms with Gasteiger partial charge in [0, 0.05) is 35.4 Å². The third-order valence-electron chi connectivity index (χ3n) is 7.22. The summed E-state index contributed by atoms with van der Waals surface area (Å²) in [6.45, 7) is 6.04. The minimum atomic E-state index is -0.727. The van der Waals surface area contributed by atoms with Gasteiger partial charge < -0.3 is 15.3 Å². The van der Waals surface area contributed by atoms with Crippen LogP contribution in [0.25, 0.3) is 0 Å². The van der Waals surface area contributed by atoms with Gasteiger partial charge in [-0.2, -0.15) is 0 Å². The number of halogens is 3. The van der Waals surface area contributed by atoms with Crippen molar-refractivity contribution in [1.82, 2.24) is 4.90 Å². The normalized spacial score (nSPS) is 20.8. The number of nitrogens with one attached hydrogen (secondary N) is 1. The van der Waals surface area contributed by atoms with Gasteiger partial charge in [-0.3, -0.25) is 9.69 Å². The van der Waals surface area contributed by atoms with Gasteiger partial charge >= 0.3 is 5.97 Å². The van der Waals surface area contributed by atoms with Crippen LogP contribution in [0.15, 0.2) is 36.4 Å². The summed E-state index contributed by atoms with van der Waals surface area (Å²) in [6.07, 6.45) is 4.57. The summed E-state index contributed by atoms with van der Waals surface area (Å²) in [5, 5.41) is 14.6. The van der Waals surface area contributed by atoms with E-state index in [-0.39, 0.29) is 12.6 Å². The van der Waals surface area contributed by atoms with E-state index >= 15 is 0 Å². The van der Waals surface area contributed by atoms with E-state index in [1.165, 1.54) is 6.42 Å². The standard InChI is InChI=1S/C26H32Cl3N3O2/c1-17(22-6-4-20(27)13-24(22)29)30-25-14-21(5-7-23(25)28)32-11-8-18(9-12-32)19-3-2-10-31(15-19)16-26(33)34/h4-7,13-14,17-19,30H,2-3,8-12,15-16H2,1H3,(H,33,34)/t17-,19?/m1/s1. The largest absolute Gasteiger partial charge is 0.480 e. The molecule has 2 saturated heterocycles. The van der Waals surface area contributed by atoms with Crippen LogP contribution in [0.4, 0.5) is 11.4 Å². The molecule has 2 aliphatic heterocycles. The van der Waals surface area contributed by atoms with Crippen LogP contribution in [-0.2, 0) is 4.79 Å². The molecule has 2 aromatic carbocycles. The first-order valence-corrected chi connectivity index (χ1v) is 13.1. The first-order valence-electron chi connectivity index (χ1n) is 12.0. The second-order valence-electron chi connectivity index (χ2n) is 9.55. The molecule has 2 fully saturated rings. The number of aliphatic carboxylic acids is 1. The first kappa shape index (κ1) is 25.4. The molecule has 184 valence electrons. The number of anilines is 2. The number of hydrogen-bond donors (Lipinski definition) is 2. The number of benzene rings is 2. The Kier molecular flexibility index (Phi) is 8.52. The summed E-state index contributed by atoms with van der Waals surface area (Å²) in [4.78, 5) is 15.6. The van der Waals surface area contributed by atoms with Crippen molar-refractivity contribution in [3.05, 3.63) is 57.0 Å². The Morgan fingerprint density at radius 1 is 1.03 bits per heavy atom. The van der Waals surface area contributed by atoms with Gasteiger partial charge in [0.15, 0.2) is 0 Å². The molecule has 2 aromatic rings. The quantitative estimate of drug-likeness (QED) is 0.415. The maximum atomic E-state index is 11.1. The van der Waals surface area contributed by atoms with Gasteiger partial charge in [-0.1, -0.05) is 40.9 Å². The summed E-state index contributed by atoms with van der Waals surface area (Å²) in [6, 6.07) is 11.7. The highest BCUT2D eigenvalue weighted by Crippen LogP contribution is 2.36. The maximum absolute atomic E-state index is 11.1. The molecular weight excluding hydrogens is 493 g/mol. The maximum Gasteiger partial charge on any atom is 0.317 e. The summed E-state index contributed by atoms with van der Waals surface area (Å²) in [7, 11) is 0. The summed E-state index contributed by atoms with van der Waals surface area (Å²) < 4.78 is 0. The predicted octanol–water partition coefficient (Wildman–Crippen LogP) is 6.83. The van der Waals surface area contributed by atoms with Crippen molar-refractivity contribution in [1.29, 1.82) is 0 Å². The van der Waals surface area contributed by atoms with Crippen molar-refractivity contribution in [2.75, 3.05) is 42.9 Å². The van der Waals surface area contributed by atoms with Gasteiger partial charge in [-0.15, -0.1) is 0 Å². The van der Waals surface area contributed by atoms with Crippen LogP contribution in [0.5, 0.6) is 0 Å². The monoisotopic (exact) mass is 523 g/mol. The van der Waals surface area contributed by atoms with Crippen molar-refractivity contribution in [2.24, 2.45) is 11.8 Å². The smallest absolute Gasteiger partial charge is 0.317 e. The Morgan fingerprint density at radius 3 is 2.50 bits per heavy atom. The Bertz CT molecular complexity index is 1010. The molecule has 2 aliphatic rings. The Hall–Kier alpha value is -1.66. The SMILES string of the molecule is C[C@@H](Nc1cc(N2CCC(C3CCCN(CC(=O)O)C3)CC2)ccc1Cl)c1ccc(Cl)cc1Cl. The molecule has 0 spiro atoms. The molecule has 0 radical (unpaired) electrons. The molecule has 1 unspecified atom stereocenters. The number of hydrogen-bond acceptors (Lipinski definition) is 4. The molecule has 0 saturated carbocycles. The van der Waals surface area contributed by atoms with Crippen molar-refractivity contribution in [2.45, 2.75) is 38.6 Å². The lowest BCUT2D eigenvalue weighted by Crippen LogP contribution is -2.44. The van der Waals surface area contributed by atoms with E-state index in [4.69, 9.17) is 39.9 Å². The number of carboxylic acids is 1. The van der Waals surface area contributed by atoms with Gasteiger partial charge in [-0.05, 0) is 86.9 Å². The molecule has 0 aliphatic carbocycles. The molecule has 5 nitrogen and oxygen atoms in total. The minimum absolute atomic E-state index is 0.0247. The molecule has 34 heavy (non-hydrogen) atoms. The molecule has 4 rings (SSSR count). The van der Waals surface area contributed by atoms with Gasteiger partial charge in [-0.25, -0.2) is 0 Å². The number of piperidine rings is 2. The van der Waals surface area contributed by atoms with Crippen LogP contribution in [0.3, 0.4) is 0 Å². The van der Waals surface area contributed by atoms with Gasteiger partial charge in [0.25, 0.3) is 0 Å². The van der Waals surface area contributed by atoms with Crippen LogP contribution < -0.4 is 10.2 Å². The lowest BCUT2D eigenvalue weighted by atomic mass is 9.79. The van der Waals surface area contributed by atoms with Crippen LogP contribution in [0.2, 0.25) is 15.1 Å². The number of carbonyl (C=O) groups is 1. The zero-order valence-corrected chi connectivity index (χ0v) is 21.7. The van der Waals surface area contributed by atoms with Crippen LogP contribution in [0.1, 0.15) is 44.2 Å². The fraction of sp³-hybridized carbons (Fsp3) is 0.500. The number of nitrogens with zero attached hydrogens (tertiary/aromatic N) is 2. The second-order valence-corrected chi connectivity index (χ2v) is 10.8. The second kappa shape index (κ2) is 11.4. The van der Waals surface area contributed by atoms with E-state index in [2.05, 4.69) is 34.2 Å². The molecule has 2 atom stereocenters. The Labute approximate surface area is 217 Å². The van der Waals surface area contributed by atoms with Crippen molar-refractivity contribution >= 4 is 52.1 Å². The first-order chi connectivity index (χ1) is 16.3. The highest BCUT2D eigenvalue weighted by atomic mass is 35.5. The lowest BCUT2D eigenvalue weighted by Gasteiger charge is -2.41. The minimum Gasteiger partial charge on any atom is -0.480 e. The van der Waals surface area contributed by atoms with Crippen LogP contribution in [-0.4, -0.2) is 48.7 Å². The topological polar surface area (TPSA) is 55.8 Å².